The maximum Gasteiger partial charge on any atom is 0.133 e. The summed E-state index contributed by atoms with van der Waals surface area (Å²) in [5.74, 6) is 0.793. The summed E-state index contributed by atoms with van der Waals surface area (Å²) in [6.45, 7) is 8.66. The Morgan fingerprint density at radius 2 is 1.41 bits per heavy atom. The van der Waals surface area contributed by atoms with E-state index in [1.807, 2.05) is 24.3 Å². The number of halogens is 1. The standard InChI is InChI=1S/C33H33FN2O/c1-19(2)23-11-8-12-24(20(3)4)32(23)36-33-29(35)16-15-28(34)31(33)27-18-26-22(17-30(27)37-5)14-13-21-9-6-7-10-25(21)26/h6-20,36H,35H2,1-5H3. The van der Waals surface area contributed by atoms with Crippen LogP contribution >= 0.6 is 0 Å². The van der Waals surface area contributed by atoms with Gasteiger partial charge in [-0.25, -0.2) is 4.39 Å². The van der Waals surface area contributed by atoms with Crippen LogP contribution in [-0.4, -0.2) is 7.11 Å². The number of para-hydroxylation sites is 1. The lowest BCUT2D eigenvalue weighted by molar-refractivity contribution is 0.417. The van der Waals surface area contributed by atoms with E-state index in [0.717, 1.165) is 38.4 Å². The van der Waals surface area contributed by atoms with Crippen molar-refractivity contribution >= 4 is 38.6 Å². The number of nitrogen functional groups attached to an aromatic ring is 1. The highest BCUT2D eigenvalue weighted by molar-refractivity contribution is 6.10. The largest absolute Gasteiger partial charge is 0.496 e. The van der Waals surface area contributed by atoms with E-state index in [9.17, 15) is 0 Å². The van der Waals surface area contributed by atoms with Crippen molar-refractivity contribution in [3.8, 4) is 16.9 Å². The summed E-state index contributed by atoms with van der Waals surface area (Å²) < 4.78 is 21.6. The molecule has 0 bridgehead atoms. The highest BCUT2D eigenvalue weighted by Gasteiger charge is 2.22. The van der Waals surface area contributed by atoms with Gasteiger partial charge in [0.15, 0.2) is 0 Å². The van der Waals surface area contributed by atoms with Gasteiger partial charge in [-0.05, 0) is 68.8 Å². The zero-order chi connectivity index (χ0) is 26.3. The Labute approximate surface area is 218 Å². The van der Waals surface area contributed by atoms with E-state index in [1.165, 1.54) is 6.07 Å². The maximum atomic E-state index is 15.8. The molecule has 5 rings (SSSR count). The molecule has 0 saturated carbocycles. The molecule has 37 heavy (non-hydrogen) atoms. The van der Waals surface area contributed by atoms with Crippen molar-refractivity contribution in [2.45, 2.75) is 39.5 Å². The summed E-state index contributed by atoms with van der Waals surface area (Å²) in [6.07, 6.45) is 0. The summed E-state index contributed by atoms with van der Waals surface area (Å²) in [6, 6.07) is 25.8. The van der Waals surface area contributed by atoms with Crippen LogP contribution in [0.25, 0.3) is 32.7 Å². The lowest BCUT2D eigenvalue weighted by atomic mass is 9.91. The number of hydrogen-bond donors (Lipinski definition) is 2. The second kappa shape index (κ2) is 9.78. The summed E-state index contributed by atoms with van der Waals surface area (Å²) in [5.41, 5.74) is 12.0. The summed E-state index contributed by atoms with van der Waals surface area (Å²) >= 11 is 0. The molecule has 0 aromatic heterocycles. The average molecular weight is 493 g/mol. The minimum atomic E-state index is -0.359. The number of nitrogens with two attached hydrogens (primary N) is 1. The third-order valence-corrected chi connectivity index (χ3v) is 7.14. The molecule has 0 saturated heterocycles. The lowest BCUT2D eigenvalue weighted by Gasteiger charge is -2.24. The van der Waals surface area contributed by atoms with Crippen molar-refractivity contribution in [2.24, 2.45) is 0 Å². The van der Waals surface area contributed by atoms with Gasteiger partial charge in [0.1, 0.15) is 11.6 Å². The molecule has 188 valence electrons. The number of hydrogen-bond acceptors (Lipinski definition) is 3. The van der Waals surface area contributed by atoms with E-state index in [4.69, 9.17) is 10.5 Å². The maximum absolute atomic E-state index is 15.8. The molecule has 5 aromatic rings. The Kier molecular flexibility index (Phi) is 6.51. The van der Waals surface area contributed by atoms with E-state index < -0.39 is 0 Å². The first-order valence-electron chi connectivity index (χ1n) is 12.8. The van der Waals surface area contributed by atoms with Crippen LogP contribution in [-0.2, 0) is 0 Å². The second-order valence-electron chi connectivity index (χ2n) is 10.2. The van der Waals surface area contributed by atoms with Gasteiger partial charge in [-0.15, -0.1) is 0 Å². The number of methoxy groups -OCH3 is 1. The highest BCUT2D eigenvalue weighted by Crippen LogP contribution is 2.45. The molecule has 0 heterocycles. The number of benzene rings is 5. The van der Waals surface area contributed by atoms with Crippen LogP contribution in [0.15, 0.2) is 78.9 Å². The molecule has 0 aliphatic heterocycles. The van der Waals surface area contributed by atoms with Crippen LogP contribution in [0.3, 0.4) is 0 Å². The fourth-order valence-electron chi connectivity index (χ4n) is 5.21. The van der Waals surface area contributed by atoms with Crippen molar-refractivity contribution in [1.29, 1.82) is 0 Å². The van der Waals surface area contributed by atoms with Gasteiger partial charge in [0.2, 0.25) is 0 Å². The van der Waals surface area contributed by atoms with Crippen molar-refractivity contribution in [2.75, 3.05) is 18.2 Å². The minimum absolute atomic E-state index is 0.279. The van der Waals surface area contributed by atoms with E-state index in [0.29, 0.717) is 28.3 Å². The molecule has 0 unspecified atom stereocenters. The number of nitrogens with one attached hydrogen (secondary N) is 1. The normalized spacial score (nSPS) is 11.6. The van der Waals surface area contributed by atoms with Gasteiger partial charge in [0, 0.05) is 16.8 Å². The first kappa shape index (κ1) is 24.6. The zero-order valence-corrected chi connectivity index (χ0v) is 22.0. The van der Waals surface area contributed by atoms with Crippen LogP contribution in [0.2, 0.25) is 0 Å². The number of fused-ring (bicyclic) bond motifs is 3. The van der Waals surface area contributed by atoms with Crippen LogP contribution < -0.4 is 15.8 Å². The van der Waals surface area contributed by atoms with Gasteiger partial charge in [0.25, 0.3) is 0 Å². The van der Waals surface area contributed by atoms with Gasteiger partial charge in [0.05, 0.1) is 18.5 Å². The van der Waals surface area contributed by atoms with E-state index in [-0.39, 0.29) is 17.7 Å². The average Bonchev–Trinajstić information content (AvgIpc) is 2.90. The van der Waals surface area contributed by atoms with Crippen LogP contribution in [0.1, 0.15) is 50.7 Å². The zero-order valence-electron chi connectivity index (χ0n) is 22.0. The molecule has 0 aliphatic carbocycles. The third kappa shape index (κ3) is 4.37. The fraction of sp³-hybridized carbons (Fsp3) is 0.212. The van der Waals surface area contributed by atoms with Crippen molar-refractivity contribution in [1.82, 2.24) is 0 Å². The molecule has 0 spiro atoms. The fourth-order valence-corrected chi connectivity index (χ4v) is 5.21. The Balaban J connectivity index is 1.80. The molecule has 0 atom stereocenters. The SMILES string of the molecule is COc1cc2ccc3ccccc3c2cc1-c1c(F)ccc(N)c1Nc1c(C(C)C)cccc1C(C)C. The Hall–Kier alpha value is -4.05. The summed E-state index contributed by atoms with van der Waals surface area (Å²) in [5, 5.41) is 7.90. The predicted octanol–water partition coefficient (Wildman–Crippen LogP) is 9.38. The molecule has 0 fully saturated rings. The predicted molar refractivity (Wildman–Crippen MR) is 156 cm³/mol. The smallest absolute Gasteiger partial charge is 0.133 e. The highest BCUT2D eigenvalue weighted by atomic mass is 19.1. The van der Waals surface area contributed by atoms with Gasteiger partial charge in [-0.1, -0.05) is 82.3 Å². The third-order valence-electron chi connectivity index (χ3n) is 7.14. The number of ether oxygens (including phenoxy) is 1. The van der Waals surface area contributed by atoms with Gasteiger partial charge in [-0.3, -0.25) is 0 Å². The molecule has 4 heteroatoms. The molecular formula is C33H33FN2O. The Bertz CT molecular complexity index is 1590. The summed E-state index contributed by atoms with van der Waals surface area (Å²) in [4.78, 5) is 0. The Morgan fingerprint density at radius 1 is 0.730 bits per heavy atom. The lowest BCUT2D eigenvalue weighted by Crippen LogP contribution is -2.07. The van der Waals surface area contributed by atoms with Gasteiger partial charge >= 0.3 is 0 Å². The first-order valence-corrected chi connectivity index (χ1v) is 12.8. The van der Waals surface area contributed by atoms with E-state index in [1.54, 1.807) is 13.2 Å². The molecule has 0 radical (unpaired) electrons. The van der Waals surface area contributed by atoms with Crippen LogP contribution in [0, 0.1) is 5.82 Å². The molecule has 3 N–H and O–H groups in total. The van der Waals surface area contributed by atoms with E-state index in [2.05, 4.69) is 75.5 Å². The topological polar surface area (TPSA) is 47.3 Å². The van der Waals surface area contributed by atoms with E-state index >= 15 is 4.39 Å². The minimum Gasteiger partial charge on any atom is -0.496 e. The van der Waals surface area contributed by atoms with Crippen LogP contribution in [0.5, 0.6) is 5.75 Å². The molecule has 0 amide bonds. The Morgan fingerprint density at radius 3 is 2.08 bits per heavy atom. The molecule has 5 aromatic carbocycles. The molecular weight excluding hydrogens is 459 g/mol. The molecule has 3 nitrogen and oxygen atoms in total. The van der Waals surface area contributed by atoms with Crippen molar-refractivity contribution in [3.63, 3.8) is 0 Å². The van der Waals surface area contributed by atoms with Crippen LogP contribution in [0.4, 0.5) is 21.5 Å². The number of anilines is 3. The van der Waals surface area contributed by atoms with Gasteiger partial charge in [-0.2, -0.15) is 0 Å². The van der Waals surface area contributed by atoms with Crippen molar-refractivity contribution in [3.05, 3.63) is 95.8 Å². The summed E-state index contributed by atoms with van der Waals surface area (Å²) in [7, 11) is 1.62. The number of rotatable bonds is 6. The first-order chi connectivity index (χ1) is 17.8. The monoisotopic (exact) mass is 492 g/mol. The molecule has 0 aliphatic rings. The second-order valence-corrected chi connectivity index (χ2v) is 10.2. The van der Waals surface area contributed by atoms with Crippen molar-refractivity contribution < 1.29 is 9.13 Å². The quantitative estimate of drug-likeness (QED) is 0.183. The van der Waals surface area contributed by atoms with Gasteiger partial charge < -0.3 is 15.8 Å².